The molecule has 4 heterocycles. The first-order chi connectivity index (χ1) is 20.8. The van der Waals surface area contributed by atoms with Crippen molar-refractivity contribution in [1.82, 2.24) is 9.88 Å². The summed E-state index contributed by atoms with van der Waals surface area (Å²) in [5, 5.41) is 0. The molecule has 2 atom stereocenters. The van der Waals surface area contributed by atoms with Crippen LogP contribution in [0.15, 0.2) is 61.2 Å². The van der Waals surface area contributed by atoms with Crippen molar-refractivity contribution in [2.45, 2.75) is 52.1 Å². The zero-order valence-electron chi connectivity index (χ0n) is 24.7. The standard InChI is InChI=1S/C33H32F3N5O3/c1-5-28(42)39-16-22-10-9-21(12-23(22)17-39)15-40-18-24-13-29(43)41(27-14-25(33(34,35)36)11-20(3)37-27)31(24)32(44)38(4)26-8-6-7-19(2)30(26)40/h5-12,14,24,31H,1,13,15-18H2,2-4H3/t24-,31+/m1/s1. The number of anilines is 3. The topological polar surface area (TPSA) is 77.1 Å². The molecule has 3 aromatic rings. The molecule has 1 aromatic heterocycles. The summed E-state index contributed by atoms with van der Waals surface area (Å²) in [5.74, 6) is -1.63. The molecular weight excluding hydrogens is 571 g/mol. The van der Waals surface area contributed by atoms with Gasteiger partial charge < -0.3 is 14.7 Å². The van der Waals surface area contributed by atoms with Crippen LogP contribution >= 0.6 is 0 Å². The Hall–Kier alpha value is -4.67. The van der Waals surface area contributed by atoms with Crippen LogP contribution in [0, 0.1) is 19.8 Å². The molecule has 3 aliphatic rings. The number of hydrogen-bond acceptors (Lipinski definition) is 5. The first kappa shape index (κ1) is 29.4. The van der Waals surface area contributed by atoms with Crippen molar-refractivity contribution >= 4 is 34.9 Å². The second-order valence-electron chi connectivity index (χ2n) is 11.7. The average Bonchev–Trinajstić information content (AvgIpc) is 3.54. The van der Waals surface area contributed by atoms with Crippen LogP contribution in [0.2, 0.25) is 0 Å². The number of fused-ring (bicyclic) bond motifs is 3. The predicted octanol–water partition coefficient (Wildman–Crippen LogP) is 5.15. The van der Waals surface area contributed by atoms with Gasteiger partial charge >= 0.3 is 6.18 Å². The van der Waals surface area contributed by atoms with Gasteiger partial charge in [-0.05, 0) is 60.4 Å². The maximum absolute atomic E-state index is 14.1. The molecule has 228 valence electrons. The summed E-state index contributed by atoms with van der Waals surface area (Å²) >= 11 is 0. The highest BCUT2D eigenvalue weighted by Crippen LogP contribution is 2.42. The summed E-state index contributed by atoms with van der Waals surface area (Å²) in [7, 11) is 1.63. The number of likely N-dealkylation sites (N-methyl/N-ethyl adjacent to an activating group) is 1. The Kier molecular flexibility index (Phi) is 7.22. The van der Waals surface area contributed by atoms with E-state index in [9.17, 15) is 27.6 Å². The second-order valence-corrected chi connectivity index (χ2v) is 11.7. The molecule has 3 aliphatic heterocycles. The molecule has 0 N–H and O–H groups in total. The number of aromatic nitrogens is 1. The fourth-order valence-corrected chi connectivity index (χ4v) is 6.70. The van der Waals surface area contributed by atoms with Crippen molar-refractivity contribution < 1.29 is 27.6 Å². The third-order valence-corrected chi connectivity index (χ3v) is 8.73. The van der Waals surface area contributed by atoms with Gasteiger partial charge in [0.15, 0.2) is 0 Å². The van der Waals surface area contributed by atoms with E-state index in [1.807, 2.05) is 37.3 Å². The van der Waals surface area contributed by atoms with Crippen molar-refractivity contribution in [3.8, 4) is 0 Å². The summed E-state index contributed by atoms with van der Waals surface area (Å²) in [4.78, 5) is 50.6. The molecule has 2 aromatic carbocycles. The minimum Gasteiger partial charge on any atom is -0.365 e. The Morgan fingerprint density at radius 1 is 1.07 bits per heavy atom. The molecule has 6 rings (SSSR count). The number of pyridine rings is 1. The summed E-state index contributed by atoms with van der Waals surface area (Å²) < 4.78 is 41.1. The molecule has 1 fully saturated rings. The number of halogens is 3. The normalized spacial score (nSPS) is 19.9. The van der Waals surface area contributed by atoms with Crippen molar-refractivity contribution in [3.63, 3.8) is 0 Å². The molecular formula is C33H32F3N5O3. The van der Waals surface area contributed by atoms with Gasteiger partial charge in [-0.25, -0.2) is 4.98 Å². The highest BCUT2D eigenvalue weighted by molar-refractivity contribution is 6.10. The first-order valence-electron chi connectivity index (χ1n) is 14.4. The van der Waals surface area contributed by atoms with E-state index >= 15 is 0 Å². The lowest BCUT2D eigenvalue weighted by Crippen LogP contribution is -2.52. The molecule has 3 amide bonds. The van der Waals surface area contributed by atoms with Crippen LogP contribution in [0.25, 0.3) is 0 Å². The number of aryl methyl sites for hydroxylation is 2. The Labute approximate surface area is 253 Å². The van der Waals surface area contributed by atoms with E-state index in [0.717, 1.165) is 45.0 Å². The number of carbonyl (C=O) groups excluding carboxylic acids is 3. The molecule has 8 nitrogen and oxygen atoms in total. The number of para-hydroxylation sites is 1. The molecule has 0 saturated carbocycles. The van der Waals surface area contributed by atoms with E-state index in [0.29, 0.717) is 31.9 Å². The van der Waals surface area contributed by atoms with Gasteiger partial charge in [0.1, 0.15) is 11.9 Å². The maximum Gasteiger partial charge on any atom is 0.416 e. The van der Waals surface area contributed by atoms with E-state index < -0.39 is 29.6 Å². The number of hydrogen-bond donors (Lipinski definition) is 0. The molecule has 0 unspecified atom stereocenters. The van der Waals surface area contributed by atoms with Crippen LogP contribution in [0.3, 0.4) is 0 Å². The van der Waals surface area contributed by atoms with Gasteiger partial charge in [-0.15, -0.1) is 0 Å². The monoisotopic (exact) mass is 603 g/mol. The van der Waals surface area contributed by atoms with Crippen LogP contribution in [0.1, 0.15) is 39.9 Å². The number of benzene rings is 2. The van der Waals surface area contributed by atoms with Gasteiger partial charge in [0.05, 0.1) is 16.9 Å². The molecule has 44 heavy (non-hydrogen) atoms. The lowest BCUT2D eigenvalue weighted by Gasteiger charge is -2.39. The number of amides is 3. The van der Waals surface area contributed by atoms with E-state index in [1.54, 1.807) is 11.9 Å². The lowest BCUT2D eigenvalue weighted by atomic mass is 9.94. The predicted molar refractivity (Wildman–Crippen MR) is 160 cm³/mol. The molecule has 0 radical (unpaired) electrons. The third-order valence-electron chi connectivity index (χ3n) is 8.73. The SMILES string of the molecule is C=CC(=O)N1Cc2ccc(CN3C[C@H]4CC(=O)N(c5cc(C(F)(F)F)cc(C)n5)[C@@H]4C(=O)N(C)c4cccc(C)c43)cc2C1. The molecule has 0 aliphatic carbocycles. The average molecular weight is 604 g/mol. The molecule has 0 bridgehead atoms. The van der Waals surface area contributed by atoms with Gasteiger partial charge in [-0.1, -0.05) is 36.9 Å². The summed E-state index contributed by atoms with van der Waals surface area (Å²) in [6, 6.07) is 12.5. The van der Waals surface area contributed by atoms with Crippen molar-refractivity contribution in [3.05, 3.63) is 94.7 Å². The van der Waals surface area contributed by atoms with Crippen LogP contribution in [0.5, 0.6) is 0 Å². The highest BCUT2D eigenvalue weighted by Gasteiger charge is 2.49. The smallest absolute Gasteiger partial charge is 0.365 e. The third kappa shape index (κ3) is 5.10. The van der Waals surface area contributed by atoms with Gasteiger partial charge in [0, 0.05) is 51.3 Å². The minimum atomic E-state index is -4.63. The van der Waals surface area contributed by atoms with E-state index in [1.165, 1.54) is 17.9 Å². The van der Waals surface area contributed by atoms with Crippen LogP contribution in [0.4, 0.5) is 30.4 Å². The Morgan fingerprint density at radius 3 is 2.55 bits per heavy atom. The van der Waals surface area contributed by atoms with E-state index in [-0.39, 0.29) is 29.7 Å². The highest BCUT2D eigenvalue weighted by atomic mass is 19.4. The van der Waals surface area contributed by atoms with Crippen LogP contribution in [-0.2, 0) is 40.2 Å². The molecule has 1 saturated heterocycles. The first-order valence-corrected chi connectivity index (χ1v) is 14.4. The van der Waals surface area contributed by atoms with E-state index in [4.69, 9.17) is 0 Å². The van der Waals surface area contributed by atoms with Gasteiger partial charge in [0.2, 0.25) is 17.7 Å². The largest absolute Gasteiger partial charge is 0.416 e. The Morgan fingerprint density at radius 2 is 1.82 bits per heavy atom. The lowest BCUT2D eigenvalue weighted by molar-refractivity contribution is -0.137. The minimum absolute atomic E-state index is 0.0122. The Bertz CT molecular complexity index is 1700. The number of alkyl halides is 3. The number of carbonyl (C=O) groups is 3. The van der Waals surface area contributed by atoms with Crippen molar-refractivity contribution in [2.24, 2.45) is 5.92 Å². The van der Waals surface area contributed by atoms with E-state index in [2.05, 4.69) is 22.5 Å². The van der Waals surface area contributed by atoms with Gasteiger partial charge in [-0.2, -0.15) is 13.2 Å². The van der Waals surface area contributed by atoms with Crippen LogP contribution < -0.4 is 14.7 Å². The maximum atomic E-state index is 14.1. The van der Waals surface area contributed by atoms with Crippen LogP contribution in [-0.4, -0.2) is 47.2 Å². The summed E-state index contributed by atoms with van der Waals surface area (Å²) in [6.45, 7) is 8.77. The zero-order valence-corrected chi connectivity index (χ0v) is 24.7. The van der Waals surface area contributed by atoms with Crippen molar-refractivity contribution in [1.29, 1.82) is 0 Å². The molecule has 0 spiro atoms. The molecule has 11 heteroatoms. The number of rotatable bonds is 4. The Balaban J connectivity index is 1.39. The summed E-state index contributed by atoms with van der Waals surface area (Å²) in [5.41, 5.74) is 4.73. The summed E-state index contributed by atoms with van der Waals surface area (Å²) in [6.07, 6.45) is -3.34. The second kappa shape index (κ2) is 10.8. The quantitative estimate of drug-likeness (QED) is 0.386. The zero-order chi connectivity index (χ0) is 31.5. The fraction of sp³-hybridized carbons (Fsp3) is 0.333. The van der Waals surface area contributed by atoms with Crippen molar-refractivity contribution in [2.75, 3.05) is 28.3 Å². The van der Waals surface area contributed by atoms with Gasteiger partial charge in [0.25, 0.3) is 0 Å². The fourth-order valence-electron chi connectivity index (χ4n) is 6.70. The van der Waals surface area contributed by atoms with Gasteiger partial charge in [-0.3, -0.25) is 19.3 Å². The number of nitrogens with zero attached hydrogens (tertiary/aromatic N) is 5.